The van der Waals surface area contributed by atoms with Crippen molar-refractivity contribution in [3.05, 3.63) is 17.8 Å². The van der Waals surface area contributed by atoms with Crippen LogP contribution in [0.25, 0.3) is 0 Å². The number of pyridine rings is 1. The summed E-state index contributed by atoms with van der Waals surface area (Å²) in [5, 5.41) is 9.08. The second-order valence-electron chi connectivity index (χ2n) is 7.37. The number of aromatic nitrogens is 1. The zero-order valence-electron chi connectivity index (χ0n) is 16.7. The van der Waals surface area contributed by atoms with Crippen LogP contribution in [-0.4, -0.2) is 74.4 Å². The van der Waals surface area contributed by atoms with Gasteiger partial charge in [-0.25, -0.2) is 13.4 Å². The molecule has 3 rings (SSSR count). The molecule has 0 unspecified atom stereocenters. The summed E-state index contributed by atoms with van der Waals surface area (Å²) in [6.45, 7) is 2.90. The molecule has 0 amide bonds. The summed E-state index contributed by atoms with van der Waals surface area (Å²) in [6, 6.07) is 2.24. The SMILES string of the molecule is COC(=O)[C@@H]1CCCN1S(=O)(=O)c1ccc(C)nc1O[C@H]1COC[C@H]1CCCO. The number of sulfonamides is 1. The number of aryl methyl sites for hydroxylation is 1. The van der Waals surface area contributed by atoms with Crippen LogP contribution in [0.4, 0.5) is 0 Å². The summed E-state index contributed by atoms with van der Waals surface area (Å²) in [6.07, 6.45) is 1.98. The molecule has 9 nitrogen and oxygen atoms in total. The van der Waals surface area contributed by atoms with E-state index in [4.69, 9.17) is 19.3 Å². The number of aliphatic hydroxyl groups is 1. The van der Waals surface area contributed by atoms with Crippen molar-refractivity contribution >= 4 is 16.0 Å². The number of ether oxygens (including phenoxy) is 3. The molecule has 29 heavy (non-hydrogen) atoms. The number of aliphatic hydroxyl groups excluding tert-OH is 1. The van der Waals surface area contributed by atoms with Gasteiger partial charge in [-0.1, -0.05) is 0 Å². The fourth-order valence-corrected chi connectivity index (χ4v) is 5.50. The van der Waals surface area contributed by atoms with Crippen molar-refractivity contribution in [1.29, 1.82) is 0 Å². The Bertz CT molecular complexity index is 830. The zero-order valence-corrected chi connectivity index (χ0v) is 17.6. The van der Waals surface area contributed by atoms with E-state index in [-0.39, 0.29) is 35.9 Å². The molecule has 3 heterocycles. The third-order valence-electron chi connectivity index (χ3n) is 5.36. The van der Waals surface area contributed by atoms with Crippen LogP contribution in [0.5, 0.6) is 5.88 Å². The quantitative estimate of drug-likeness (QED) is 0.607. The molecule has 0 spiro atoms. The Labute approximate surface area is 171 Å². The normalized spacial score (nSPS) is 25.3. The highest BCUT2D eigenvalue weighted by molar-refractivity contribution is 7.89. The van der Waals surface area contributed by atoms with Crippen LogP contribution in [0.2, 0.25) is 0 Å². The van der Waals surface area contributed by atoms with Crippen molar-refractivity contribution in [2.75, 3.05) is 33.5 Å². The van der Waals surface area contributed by atoms with E-state index in [1.807, 2.05) is 0 Å². The van der Waals surface area contributed by atoms with E-state index < -0.39 is 22.0 Å². The Morgan fingerprint density at radius 3 is 2.90 bits per heavy atom. The van der Waals surface area contributed by atoms with Gasteiger partial charge in [-0.3, -0.25) is 4.79 Å². The van der Waals surface area contributed by atoms with E-state index in [2.05, 4.69) is 4.98 Å². The van der Waals surface area contributed by atoms with Gasteiger partial charge in [-0.15, -0.1) is 0 Å². The van der Waals surface area contributed by atoms with Gasteiger partial charge in [0.1, 0.15) is 17.0 Å². The number of carbonyl (C=O) groups excluding carboxylic acids is 1. The van der Waals surface area contributed by atoms with Gasteiger partial charge in [0, 0.05) is 24.8 Å². The molecule has 10 heteroatoms. The highest BCUT2D eigenvalue weighted by Crippen LogP contribution is 2.33. The van der Waals surface area contributed by atoms with Gasteiger partial charge in [0.15, 0.2) is 0 Å². The predicted octanol–water partition coefficient (Wildman–Crippen LogP) is 0.882. The molecule has 1 N–H and O–H groups in total. The van der Waals surface area contributed by atoms with Crippen LogP contribution in [0.1, 0.15) is 31.4 Å². The molecular weight excluding hydrogens is 400 g/mol. The van der Waals surface area contributed by atoms with Gasteiger partial charge in [0.25, 0.3) is 0 Å². The zero-order chi connectivity index (χ0) is 21.0. The smallest absolute Gasteiger partial charge is 0.324 e. The summed E-state index contributed by atoms with van der Waals surface area (Å²) in [4.78, 5) is 16.3. The van der Waals surface area contributed by atoms with Gasteiger partial charge < -0.3 is 19.3 Å². The van der Waals surface area contributed by atoms with Crippen molar-refractivity contribution in [1.82, 2.24) is 9.29 Å². The number of hydrogen-bond donors (Lipinski definition) is 1. The lowest BCUT2D eigenvalue weighted by Crippen LogP contribution is -2.41. The van der Waals surface area contributed by atoms with Crippen molar-refractivity contribution in [2.24, 2.45) is 5.92 Å². The average molecular weight is 429 g/mol. The minimum atomic E-state index is -4.00. The van der Waals surface area contributed by atoms with E-state index in [1.54, 1.807) is 13.0 Å². The van der Waals surface area contributed by atoms with Crippen LogP contribution in [0.3, 0.4) is 0 Å². The highest BCUT2D eigenvalue weighted by atomic mass is 32.2. The lowest BCUT2D eigenvalue weighted by molar-refractivity contribution is -0.144. The number of rotatable bonds is 8. The Morgan fingerprint density at radius 2 is 2.17 bits per heavy atom. The minimum absolute atomic E-state index is 0.0185. The maximum absolute atomic E-state index is 13.4. The van der Waals surface area contributed by atoms with Crippen LogP contribution < -0.4 is 4.74 Å². The van der Waals surface area contributed by atoms with Gasteiger partial charge >= 0.3 is 5.97 Å². The number of carbonyl (C=O) groups is 1. The molecule has 2 aliphatic rings. The maximum atomic E-state index is 13.4. The predicted molar refractivity (Wildman–Crippen MR) is 103 cm³/mol. The molecule has 2 aliphatic heterocycles. The third kappa shape index (κ3) is 4.71. The maximum Gasteiger partial charge on any atom is 0.324 e. The first-order chi connectivity index (χ1) is 13.9. The molecule has 3 atom stereocenters. The molecular formula is C19H28N2O7S. The molecule has 0 bridgehead atoms. The third-order valence-corrected chi connectivity index (χ3v) is 7.29. The lowest BCUT2D eigenvalue weighted by atomic mass is 10.0. The number of methoxy groups -OCH3 is 1. The van der Waals surface area contributed by atoms with Gasteiger partial charge in [0.05, 0.1) is 20.3 Å². The lowest BCUT2D eigenvalue weighted by Gasteiger charge is -2.25. The monoisotopic (exact) mass is 428 g/mol. The number of hydrogen-bond acceptors (Lipinski definition) is 8. The van der Waals surface area contributed by atoms with Crippen LogP contribution in [0.15, 0.2) is 17.0 Å². The van der Waals surface area contributed by atoms with Crippen LogP contribution >= 0.6 is 0 Å². The standard InChI is InChI=1S/C19H28N2O7S/c1-13-7-8-17(29(24,25)21-9-3-6-15(21)19(23)26-2)18(20-13)28-16-12-27-11-14(16)5-4-10-22/h7-8,14-16,22H,3-6,9-12H2,1-2H3/t14-,15+,16+/m1/s1. The minimum Gasteiger partial charge on any atom is -0.471 e. The Kier molecular flexibility index (Phi) is 7.10. The first kappa shape index (κ1) is 21.9. The topological polar surface area (TPSA) is 115 Å². The fraction of sp³-hybridized carbons (Fsp3) is 0.684. The van der Waals surface area contributed by atoms with Gasteiger partial charge in [-0.2, -0.15) is 4.31 Å². The van der Waals surface area contributed by atoms with Crippen LogP contribution in [-0.2, 0) is 24.3 Å². The Balaban J connectivity index is 1.89. The van der Waals surface area contributed by atoms with E-state index in [1.165, 1.54) is 17.5 Å². The highest BCUT2D eigenvalue weighted by Gasteiger charge is 2.42. The molecule has 0 radical (unpaired) electrons. The van der Waals surface area contributed by atoms with E-state index in [0.717, 1.165) is 0 Å². The average Bonchev–Trinajstić information content (AvgIpc) is 3.35. The number of nitrogens with zero attached hydrogens (tertiary/aromatic N) is 2. The van der Waals surface area contributed by atoms with Crippen molar-refractivity contribution < 1.29 is 32.5 Å². The Hall–Kier alpha value is -1.75. The van der Waals surface area contributed by atoms with E-state index >= 15 is 0 Å². The summed E-state index contributed by atoms with van der Waals surface area (Å²) in [5.41, 5.74) is 0.621. The van der Waals surface area contributed by atoms with Gasteiger partial charge in [0.2, 0.25) is 15.9 Å². The molecule has 1 aromatic rings. The van der Waals surface area contributed by atoms with Crippen molar-refractivity contribution in [3.63, 3.8) is 0 Å². The largest absolute Gasteiger partial charge is 0.471 e. The molecule has 1 aromatic heterocycles. The van der Waals surface area contributed by atoms with Crippen LogP contribution in [0, 0.1) is 12.8 Å². The molecule has 0 aromatic carbocycles. The fourth-order valence-electron chi connectivity index (χ4n) is 3.80. The number of esters is 1. The summed E-state index contributed by atoms with van der Waals surface area (Å²) >= 11 is 0. The summed E-state index contributed by atoms with van der Waals surface area (Å²) < 4.78 is 44.2. The summed E-state index contributed by atoms with van der Waals surface area (Å²) in [7, 11) is -2.75. The molecule has 0 aliphatic carbocycles. The molecule has 2 fully saturated rings. The van der Waals surface area contributed by atoms with E-state index in [0.29, 0.717) is 44.6 Å². The molecule has 162 valence electrons. The summed E-state index contributed by atoms with van der Waals surface area (Å²) in [5.74, 6) is -0.499. The van der Waals surface area contributed by atoms with Crippen molar-refractivity contribution in [2.45, 2.75) is 49.6 Å². The van der Waals surface area contributed by atoms with Crippen molar-refractivity contribution in [3.8, 4) is 5.88 Å². The molecule has 2 saturated heterocycles. The first-order valence-corrected chi connectivity index (χ1v) is 11.2. The first-order valence-electron chi connectivity index (χ1n) is 9.81. The second kappa shape index (κ2) is 9.38. The molecule has 0 saturated carbocycles. The Morgan fingerprint density at radius 1 is 1.38 bits per heavy atom. The van der Waals surface area contributed by atoms with E-state index in [9.17, 15) is 13.2 Å². The van der Waals surface area contributed by atoms with Gasteiger partial charge in [-0.05, 0) is 44.7 Å². The second-order valence-corrected chi connectivity index (χ2v) is 9.23.